The van der Waals surface area contributed by atoms with Gasteiger partial charge in [0.2, 0.25) is 0 Å². The van der Waals surface area contributed by atoms with E-state index >= 15 is 0 Å². The van der Waals surface area contributed by atoms with Crippen LogP contribution in [0.5, 0.6) is 0 Å². The second kappa shape index (κ2) is 6.26. The highest BCUT2D eigenvalue weighted by Gasteiger charge is 2.30. The van der Waals surface area contributed by atoms with Gasteiger partial charge in [-0.25, -0.2) is 14.4 Å². The number of carbonyl (C=O) groups excluding carboxylic acids is 1. The standard InChI is InChI=1S/C19H13ClFN3O/c20-12-3-1-2-11(6-12)17-8-18(24-10-23-17)19(25)15-9-22-16-5-4-13(21)7-14(15)16/h1-8,10,15,22H,9H2. The second-order valence-corrected chi connectivity index (χ2v) is 6.26. The highest BCUT2D eigenvalue weighted by Crippen LogP contribution is 2.34. The monoisotopic (exact) mass is 353 g/mol. The molecule has 1 aliphatic heterocycles. The zero-order valence-corrected chi connectivity index (χ0v) is 13.8. The number of nitrogens with one attached hydrogen (secondary N) is 1. The molecular formula is C19H13ClFN3O. The van der Waals surface area contributed by atoms with Crippen molar-refractivity contribution in [3.8, 4) is 11.3 Å². The highest BCUT2D eigenvalue weighted by atomic mass is 35.5. The fourth-order valence-electron chi connectivity index (χ4n) is 3.02. The van der Waals surface area contributed by atoms with Crippen LogP contribution in [0.2, 0.25) is 5.02 Å². The number of anilines is 1. The van der Waals surface area contributed by atoms with Gasteiger partial charge >= 0.3 is 0 Å². The third kappa shape index (κ3) is 2.98. The van der Waals surface area contributed by atoms with E-state index in [0.29, 0.717) is 28.5 Å². The van der Waals surface area contributed by atoms with Crippen molar-refractivity contribution in [2.75, 3.05) is 11.9 Å². The Bertz CT molecular complexity index is 976. The van der Waals surface area contributed by atoms with Gasteiger partial charge in [-0.15, -0.1) is 0 Å². The summed E-state index contributed by atoms with van der Waals surface area (Å²) in [4.78, 5) is 21.2. The van der Waals surface area contributed by atoms with Gasteiger partial charge < -0.3 is 5.32 Å². The quantitative estimate of drug-likeness (QED) is 0.712. The van der Waals surface area contributed by atoms with Crippen molar-refractivity contribution >= 4 is 23.1 Å². The van der Waals surface area contributed by atoms with Gasteiger partial charge in [0.05, 0.1) is 11.6 Å². The maximum atomic E-state index is 13.5. The third-order valence-corrected chi connectivity index (χ3v) is 4.48. The number of Topliss-reactive ketones (excluding diaryl/α,β-unsaturated/α-hetero) is 1. The number of aromatic nitrogens is 2. The van der Waals surface area contributed by atoms with Crippen LogP contribution in [0.25, 0.3) is 11.3 Å². The lowest BCUT2D eigenvalue weighted by atomic mass is 9.94. The van der Waals surface area contributed by atoms with Gasteiger partial charge in [0, 0.05) is 22.8 Å². The number of fused-ring (bicyclic) bond motifs is 1. The molecule has 0 saturated heterocycles. The minimum atomic E-state index is -0.465. The van der Waals surface area contributed by atoms with Gasteiger partial charge in [-0.3, -0.25) is 4.79 Å². The molecule has 0 radical (unpaired) electrons. The molecule has 0 spiro atoms. The maximum Gasteiger partial charge on any atom is 0.190 e. The Labute approximate surface area is 148 Å². The fraction of sp³-hybridized carbons (Fsp3) is 0.105. The minimum Gasteiger partial charge on any atom is -0.384 e. The molecule has 124 valence electrons. The summed E-state index contributed by atoms with van der Waals surface area (Å²) in [5.74, 6) is -0.988. The van der Waals surface area contributed by atoms with Crippen LogP contribution in [-0.4, -0.2) is 22.3 Å². The van der Waals surface area contributed by atoms with Gasteiger partial charge in [0.1, 0.15) is 17.8 Å². The van der Waals surface area contributed by atoms with E-state index in [-0.39, 0.29) is 11.6 Å². The van der Waals surface area contributed by atoms with E-state index in [9.17, 15) is 9.18 Å². The van der Waals surface area contributed by atoms with Crippen molar-refractivity contribution in [1.29, 1.82) is 0 Å². The fourth-order valence-corrected chi connectivity index (χ4v) is 3.21. The molecule has 6 heteroatoms. The summed E-state index contributed by atoms with van der Waals surface area (Å²) >= 11 is 6.02. The molecule has 1 aromatic heterocycles. The number of halogens is 2. The Kier molecular flexibility index (Phi) is 3.93. The summed E-state index contributed by atoms with van der Waals surface area (Å²) in [5, 5.41) is 3.72. The van der Waals surface area contributed by atoms with Crippen LogP contribution in [-0.2, 0) is 0 Å². The molecular weight excluding hydrogens is 341 g/mol. The zero-order valence-electron chi connectivity index (χ0n) is 13.0. The summed E-state index contributed by atoms with van der Waals surface area (Å²) in [6.07, 6.45) is 1.36. The first-order chi connectivity index (χ1) is 12.1. The predicted octanol–water partition coefficient (Wildman–Crippen LogP) is 4.33. The normalized spacial score (nSPS) is 15.5. The average molecular weight is 354 g/mol. The van der Waals surface area contributed by atoms with Crippen LogP contribution >= 0.6 is 11.6 Å². The van der Waals surface area contributed by atoms with E-state index in [4.69, 9.17) is 11.6 Å². The minimum absolute atomic E-state index is 0.164. The van der Waals surface area contributed by atoms with Gasteiger partial charge in [0.15, 0.2) is 5.78 Å². The number of carbonyl (C=O) groups is 1. The van der Waals surface area contributed by atoms with E-state index in [1.165, 1.54) is 18.5 Å². The van der Waals surface area contributed by atoms with E-state index < -0.39 is 5.92 Å². The summed E-state index contributed by atoms with van der Waals surface area (Å²) in [6, 6.07) is 13.3. The van der Waals surface area contributed by atoms with Crippen LogP contribution in [0, 0.1) is 5.82 Å². The molecule has 0 bridgehead atoms. The molecule has 2 heterocycles. The van der Waals surface area contributed by atoms with E-state index in [0.717, 1.165) is 11.3 Å². The second-order valence-electron chi connectivity index (χ2n) is 5.83. The number of ketones is 1. The molecule has 1 aliphatic rings. The number of hydrogen-bond donors (Lipinski definition) is 1. The van der Waals surface area contributed by atoms with E-state index in [2.05, 4.69) is 15.3 Å². The van der Waals surface area contributed by atoms with Crippen LogP contribution in [0.3, 0.4) is 0 Å². The molecule has 4 nitrogen and oxygen atoms in total. The highest BCUT2D eigenvalue weighted by molar-refractivity contribution is 6.30. The molecule has 1 unspecified atom stereocenters. The summed E-state index contributed by atoms with van der Waals surface area (Å²) < 4.78 is 13.5. The summed E-state index contributed by atoms with van der Waals surface area (Å²) in [7, 11) is 0. The van der Waals surface area contributed by atoms with Crippen LogP contribution in [0.4, 0.5) is 10.1 Å². The Morgan fingerprint density at radius 2 is 2.04 bits per heavy atom. The molecule has 4 rings (SSSR count). The molecule has 0 saturated carbocycles. The van der Waals surface area contributed by atoms with Crippen LogP contribution in [0.1, 0.15) is 22.0 Å². The largest absolute Gasteiger partial charge is 0.384 e. The number of nitrogens with zero attached hydrogens (tertiary/aromatic N) is 2. The van der Waals surface area contributed by atoms with Crippen molar-refractivity contribution in [2.24, 2.45) is 0 Å². The Hall–Kier alpha value is -2.79. The molecule has 25 heavy (non-hydrogen) atoms. The summed E-state index contributed by atoms with van der Waals surface area (Å²) in [5.41, 5.74) is 3.16. The Balaban J connectivity index is 1.69. The number of benzene rings is 2. The lowest BCUT2D eigenvalue weighted by molar-refractivity contribution is 0.0961. The molecule has 0 amide bonds. The Morgan fingerprint density at radius 3 is 2.88 bits per heavy atom. The third-order valence-electron chi connectivity index (χ3n) is 4.24. The smallest absolute Gasteiger partial charge is 0.190 e. The van der Waals surface area contributed by atoms with Crippen molar-refractivity contribution in [1.82, 2.24) is 9.97 Å². The van der Waals surface area contributed by atoms with Gasteiger partial charge in [-0.05, 0) is 42.0 Å². The van der Waals surface area contributed by atoms with E-state index in [1.807, 2.05) is 12.1 Å². The first-order valence-electron chi connectivity index (χ1n) is 7.77. The molecule has 1 atom stereocenters. The molecule has 1 N–H and O–H groups in total. The first-order valence-corrected chi connectivity index (χ1v) is 8.15. The van der Waals surface area contributed by atoms with Gasteiger partial charge in [0.25, 0.3) is 0 Å². The molecule has 0 fully saturated rings. The maximum absolute atomic E-state index is 13.5. The van der Waals surface area contributed by atoms with Gasteiger partial charge in [-0.1, -0.05) is 23.7 Å². The van der Waals surface area contributed by atoms with Gasteiger partial charge in [-0.2, -0.15) is 0 Å². The average Bonchev–Trinajstić information content (AvgIpc) is 3.04. The van der Waals surface area contributed by atoms with Crippen molar-refractivity contribution in [3.63, 3.8) is 0 Å². The number of rotatable bonds is 3. The Morgan fingerprint density at radius 1 is 1.16 bits per heavy atom. The summed E-state index contributed by atoms with van der Waals surface area (Å²) in [6.45, 7) is 0.425. The van der Waals surface area contributed by atoms with Crippen LogP contribution < -0.4 is 5.32 Å². The molecule has 0 aliphatic carbocycles. The molecule has 3 aromatic rings. The van der Waals surface area contributed by atoms with Crippen molar-refractivity contribution in [2.45, 2.75) is 5.92 Å². The van der Waals surface area contributed by atoms with Crippen LogP contribution in [0.15, 0.2) is 54.9 Å². The van der Waals surface area contributed by atoms with Crippen molar-refractivity contribution < 1.29 is 9.18 Å². The van der Waals surface area contributed by atoms with E-state index in [1.54, 1.807) is 24.3 Å². The number of hydrogen-bond acceptors (Lipinski definition) is 4. The lowest BCUT2D eigenvalue weighted by Crippen LogP contribution is -2.16. The molecule has 2 aromatic carbocycles. The van der Waals surface area contributed by atoms with Crippen molar-refractivity contribution in [3.05, 3.63) is 77.0 Å². The lowest BCUT2D eigenvalue weighted by Gasteiger charge is -2.10. The zero-order chi connectivity index (χ0) is 17.4. The topological polar surface area (TPSA) is 54.9 Å². The SMILES string of the molecule is O=C(c1cc(-c2cccc(Cl)c2)ncn1)C1CNc2ccc(F)cc21. The predicted molar refractivity (Wildman–Crippen MR) is 94.4 cm³/mol. The first kappa shape index (κ1) is 15.7.